The molecule has 0 saturated heterocycles. The maximum atomic E-state index is 11.5. The summed E-state index contributed by atoms with van der Waals surface area (Å²) in [5, 5.41) is 7.81. The Balaban J connectivity index is 0.00000288. The van der Waals surface area contributed by atoms with Crippen LogP contribution in [0, 0.1) is 0 Å². The topological polar surface area (TPSA) is 131 Å². The number of aliphatic imine (C=N–C) groups is 1. The Morgan fingerprint density at radius 1 is 1.20 bits per heavy atom. The lowest BCUT2D eigenvalue weighted by atomic mass is 10.2. The molecule has 0 aliphatic carbocycles. The summed E-state index contributed by atoms with van der Waals surface area (Å²) in [5.74, 6) is -0.0325. The first-order chi connectivity index (χ1) is 11.1. The van der Waals surface area contributed by atoms with Crippen LogP contribution in [0.25, 0.3) is 11.4 Å². The van der Waals surface area contributed by atoms with Crippen LogP contribution in [-0.2, 0) is 6.54 Å². The van der Waals surface area contributed by atoms with Gasteiger partial charge in [0.15, 0.2) is 5.96 Å². The summed E-state index contributed by atoms with van der Waals surface area (Å²) in [5.41, 5.74) is 12.8. The van der Waals surface area contributed by atoms with Crippen LogP contribution in [0.2, 0.25) is 0 Å². The molecule has 0 saturated carbocycles. The van der Waals surface area contributed by atoms with Gasteiger partial charge in [0.1, 0.15) is 5.69 Å². The van der Waals surface area contributed by atoms with Crippen molar-refractivity contribution in [1.82, 2.24) is 20.6 Å². The highest BCUT2D eigenvalue weighted by molar-refractivity contribution is 7.13. The highest BCUT2D eigenvalue weighted by Gasteiger charge is 2.07. The van der Waals surface area contributed by atoms with Crippen molar-refractivity contribution in [2.75, 3.05) is 6.54 Å². The minimum absolute atomic E-state index is 0. The number of carbonyl (C=O) groups is 1. The number of guanidine groups is 1. The minimum Gasteiger partial charge on any atom is -0.370 e. The van der Waals surface area contributed by atoms with Gasteiger partial charge in [0.25, 0.3) is 0 Å². The van der Waals surface area contributed by atoms with Crippen molar-refractivity contribution < 1.29 is 4.79 Å². The number of aromatic nitrogens is 2. The number of thiazole rings is 1. The first kappa shape index (κ1) is 22.9. The predicted molar refractivity (Wildman–Crippen MR) is 106 cm³/mol. The summed E-state index contributed by atoms with van der Waals surface area (Å²) in [4.78, 5) is 24.2. The Morgan fingerprint density at radius 3 is 2.64 bits per heavy atom. The first-order valence-electron chi connectivity index (χ1n) is 7.11. The number of nitrogens with two attached hydrogens (primary N) is 2. The van der Waals surface area contributed by atoms with E-state index in [4.69, 9.17) is 11.5 Å². The molecule has 2 aromatic rings. The van der Waals surface area contributed by atoms with Crippen LogP contribution >= 0.6 is 36.2 Å². The molecule has 0 atom stereocenters. The third-order valence-corrected chi connectivity index (χ3v) is 3.49. The molecule has 25 heavy (non-hydrogen) atoms. The van der Waals surface area contributed by atoms with E-state index in [1.807, 2.05) is 30.5 Å². The number of amides is 2. The number of hydrogen-bond donors (Lipinski definition) is 4. The van der Waals surface area contributed by atoms with Crippen LogP contribution in [0.15, 0.2) is 28.6 Å². The zero-order valence-corrected chi connectivity index (χ0v) is 16.0. The number of carbonyl (C=O) groups excluding carboxylic acids is 1. The van der Waals surface area contributed by atoms with Crippen molar-refractivity contribution in [3.63, 3.8) is 0 Å². The van der Waals surface area contributed by atoms with E-state index in [1.54, 1.807) is 0 Å². The SMILES string of the molecule is CCCNC(=O)NCc1cccc(-c2csc(N=C(N)N)n2)n1.Cl.Cl. The maximum Gasteiger partial charge on any atom is 0.315 e. The molecular formula is C14H21Cl2N7OS. The summed E-state index contributed by atoms with van der Waals surface area (Å²) in [6, 6.07) is 5.34. The summed E-state index contributed by atoms with van der Waals surface area (Å²) in [7, 11) is 0. The van der Waals surface area contributed by atoms with E-state index in [1.165, 1.54) is 11.3 Å². The molecule has 0 spiro atoms. The van der Waals surface area contributed by atoms with Crippen molar-refractivity contribution >= 4 is 53.3 Å². The molecule has 2 aromatic heterocycles. The molecule has 6 N–H and O–H groups in total. The van der Waals surface area contributed by atoms with Gasteiger partial charge in [-0.15, -0.1) is 36.2 Å². The standard InChI is InChI=1S/C14H19N7OS.2ClH/c1-2-6-17-13(22)18-7-9-4-3-5-10(19-9)11-8-23-14(20-11)21-12(15)16;;/h3-5,8H,2,6-7H2,1H3,(H2,17,18,22)(H4,15,16,20,21);2*1H. The monoisotopic (exact) mass is 405 g/mol. The van der Waals surface area contributed by atoms with Crippen molar-refractivity contribution in [1.29, 1.82) is 0 Å². The summed E-state index contributed by atoms with van der Waals surface area (Å²) < 4.78 is 0. The van der Waals surface area contributed by atoms with E-state index < -0.39 is 0 Å². The van der Waals surface area contributed by atoms with Crippen molar-refractivity contribution in [3.8, 4) is 11.4 Å². The number of hydrogen-bond acceptors (Lipinski definition) is 5. The van der Waals surface area contributed by atoms with Gasteiger partial charge in [-0.05, 0) is 18.6 Å². The fraction of sp³-hybridized carbons (Fsp3) is 0.286. The van der Waals surface area contributed by atoms with Crippen LogP contribution in [0.3, 0.4) is 0 Å². The summed E-state index contributed by atoms with van der Waals surface area (Å²) in [6.45, 7) is 2.98. The smallest absolute Gasteiger partial charge is 0.315 e. The molecule has 0 bridgehead atoms. The normalized spacial score (nSPS) is 9.32. The van der Waals surface area contributed by atoms with Crippen LogP contribution in [0.5, 0.6) is 0 Å². The zero-order chi connectivity index (χ0) is 16.7. The number of rotatable bonds is 6. The quantitative estimate of drug-likeness (QED) is 0.431. The number of nitrogens with one attached hydrogen (secondary N) is 2. The third-order valence-electron chi connectivity index (χ3n) is 2.75. The second-order valence-electron chi connectivity index (χ2n) is 4.68. The van der Waals surface area contributed by atoms with Gasteiger partial charge in [-0.1, -0.05) is 13.0 Å². The lowest BCUT2D eigenvalue weighted by molar-refractivity contribution is 0.240. The number of pyridine rings is 1. The molecule has 0 aliphatic heterocycles. The van der Waals surface area contributed by atoms with Gasteiger partial charge in [0.05, 0.1) is 17.9 Å². The Kier molecular flexibility index (Phi) is 10.5. The Morgan fingerprint density at radius 2 is 1.96 bits per heavy atom. The lowest BCUT2D eigenvalue weighted by Crippen LogP contribution is -2.35. The van der Waals surface area contributed by atoms with Crippen molar-refractivity contribution in [3.05, 3.63) is 29.3 Å². The number of halogens is 2. The number of nitrogens with zero attached hydrogens (tertiary/aromatic N) is 3. The van der Waals surface area contributed by atoms with Gasteiger partial charge in [-0.3, -0.25) is 0 Å². The van der Waals surface area contributed by atoms with Crippen LogP contribution in [0.1, 0.15) is 19.0 Å². The molecule has 138 valence electrons. The molecular weight excluding hydrogens is 385 g/mol. The van der Waals surface area contributed by atoms with Gasteiger partial charge >= 0.3 is 6.03 Å². The van der Waals surface area contributed by atoms with E-state index in [0.29, 0.717) is 29.6 Å². The fourth-order valence-corrected chi connectivity index (χ4v) is 2.44. The van der Waals surface area contributed by atoms with Crippen LogP contribution in [-0.4, -0.2) is 28.5 Å². The van der Waals surface area contributed by atoms with Crippen molar-refractivity contribution in [2.24, 2.45) is 16.5 Å². The van der Waals surface area contributed by atoms with E-state index in [-0.39, 0.29) is 36.8 Å². The number of urea groups is 1. The molecule has 0 aromatic carbocycles. The zero-order valence-electron chi connectivity index (χ0n) is 13.6. The van der Waals surface area contributed by atoms with Gasteiger partial charge < -0.3 is 22.1 Å². The van der Waals surface area contributed by atoms with Gasteiger partial charge in [0, 0.05) is 11.9 Å². The minimum atomic E-state index is -0.206. The molecule has 0 fully saturated rings. The molecule has 2 amide bonds. The average Bonchev–Trinajstić information content (AvgIpc) is 2.99. The van der Waals surface area contributed by atoms with Crippen molar-refractivity contribution in [2.45, 2.75) is 19.9 Å². The Bertz CT molecular complexity index is 704. The Hall–Kier alpha value is -2.10. The first-order valence-corrected chi connectivity index (χ1v) is 7.99. The van der Waals surface area contributed by atoms with E-state index >= 15 is 0 Å². The van der Waals surface area contributed by atoms with Gasteiger partial charge in [0.2, 0.25) is 5.13 Å². The van der Waals surface area contributed by atoms with E-state index in [9.17, 15) is 4.79 Å². The third kappa shape index (κ3) is 7.55. The van der Waals surface area contributed by atoms with E-state index in [0.717, 1.165) is 12.1 Å². The second-order valence-corrected chi connectivity index (χ2v) is 5.51. The molecule has 2 heterocycles. The maximum absolute atomic E-state index is 11.5. The van der Waals surface area contributed by atoms with Crippen LogP contribution in [0.4, 0.5) is 9.93 Å². The molecule has 0 aliphatic rings. The molecule has 8 nitrogen and oxygen atoms in total. The highest BCUT2D eigenvalue weighted by Crippen LogP contribution is 2.25. The average molecular weight is 406 g/mol. The predicted octanol–water partition coefficient (Wildman–Crippen LogP) is 2.16. The van der Waals surface area contributed by atoms with Gasteiger partial charge in [-0.2, -0.15) is 4.99 Å². The molecule has 0 unspecified atom stereocenters. The van der Waals surface area contributed by atoms with E-state index in [2.05, 4.69) is 25.6 Å². The largest absolute Gasteiger partial charge is 0.370 e. The summed E-state index contributed by atoms with van der Waals surface area (Å²) in [6.07, 6.45) is 0.892. The summed E-state index contributed by atoms with van der Waals surface area (Å²) >= 11 is 1.33. The van der Waals surface area contributed by atoms with Crippen LogP contribution < -0.4 is 22.1 Å². The second kappa shape index (κ2) is 11.5. The lowest BCUT2D eigenvalue weighted by Gasteiger charge is -2.07. The molecule has 2 rings (SSSR count). The molecule has 0 radical (unpaired) electrons. The Labute approximate surface area is 162 Å². The highest BCUT2D eigenvalue weighted by atomic mass is 35.5. The van der Waals surface area contributed by atoms with Gasteiger partial charge in [-0.25, -0.2) is 14.8 Å². The molecule has 11 heteroatoms. The fourth-order valence-electron chi connectivity index (χ4n) is 1.74.